The van der Waals surface area contributed by atoms with Gasteiger partial charge < -0.3 is 0 Å². The molecule has 1 aliphatic rings. The number of hydrogen-bond donors (Lipinski definition) is 0. The van der Waals surface area contributed by atoms with E-state index >= 15 is 0 Å². The van der Waals surface area contributed by atoms with Crippen LogP contribution in [-0.4, -0.2) is 34.1 Å². The van der Waals surface area contributed by atoms with Crippen LogP contribution in [0.15, 0.2) is 0 Å². The number of alkyl halides is 2. The zero-order chi connectivity index (χ0) is 8.43. The van der Waals surface area contributed by atoms with Crippen molar-refractivity contribution in [2.75, 3.05) is 13.1 Å². The molecule has 0 bridgehead atoms. The molecule has 66 valence electrons. The van der Waals surface area contributed by atoms with Crippen LogP contribution in [0.25, 0.3) is 0 Å². The van der Waals surface area contributed by atoms with Crippen molar-refractivity contribution in [3.8, 4) is 0 Å². The largest absolute Gasteiger partial charge is 0.298 e. The molecule has 1 nitrogen and oxygen atoms in total. The maximum atomic E-state index is 13.1. The summed E-state index contributed by atoms with van der Waals surface area (Å²) in [4.78, 5) is 2.21. The van der Waals surface area contributed by atoms with Crippen LogP contribution in [0.4, 0.5) is 4.39 Å². The molecular weight excluding hydrogens is 256 g/mol. The van der Waals surface area contributed by atoms with Gasteiger partial charge in [0.25, 0.3) is 0 Å². The molecule has 0 amide bonds. The van der Waals surface area contributed by atoms with Crippen molar-refractivity contribution >= 4 is 22.6 Å². The van der Waals surface area contributed by atoms with Crippen LogP contribution in [0.3, 0.4) is 0 Å². The highest BCUT2D eigenvalue weighted by Crippen LogP contribution is 2.22. The quantitative estimate of drug-likeness (QED) is 0.522. The van der Waals surface area contributed by atoms with Crippen molar-refractivity contribution in [2.45, 2.75) is 36.4 Å². The summed E-state index contributed by atoms with van der Waals surface area (Å²) in [6.45, 7) is 5.94. The molecule has 0 spiro atoms. The summed E-state index contributed by atoms with van der Waals surface area (Å²) >= 11 is 2.21. The van der Waals surface area contributed by atoms with Gasteiger partial charge in [-0.15, -0.1) is 0 Å². The normalized spacial score (nSPS) is 34.6. The lowest BCUT2D eigenvalue weighted by Gasteiger charge is -2.34. The van der Waals surface area contributed by atoms with Crippen LogP contribution < -0.4 is 0 Å². The molecule has 1 aliphatic heterocycles. The molecule has 3 heteroatoms. The lowest BCUT2D eigenvalue weighted by molar-refractivity contribution is 0.121. The van der Waals surface area contributed by atoms with E-state index in [4.69, 9.17) is 0 Å². The molecule has 0 N–H and O–H groups in total. The van der Waals surface area contributed by atoms with Crippen LogP contribution in [0.2, 0.25) is 0 Å². The molecule has 0 radical (unpaired) electrons. The first-order valence-corrected chi connectivity index (χ1v) is 5.38. The maximum absolute atomic E-state index is 13.1. The second-order valence-corrected chi connectivity index (χ2v) is 5.01. The fourth-order valence-corrected chi connectivity index (χ4v) is 1.87. The van der Waals surface area contributed by atoms with Crippen LogP contribution >= 0.6 is 22.6 Å². The number of hydrogen-bond acceptors (Lipinski definition) is 1. The van der Waals surface area contributed by atoms with Gasteiger partial charge in [0.2, 0.25) is 0 Å². The van der Waals surface area contributed by atoms with Gasteiger partial charge in [0.1, 0.15) is 6.17 Å². The summed E-state index contributed by atoms with van der Waals surface area (Å²) in [5, 5.41) is 0. The van der Waals surface area contributed by atoms with Gasteiger partial charge >= 0.3 is 0 Å². The van der Waals surface area contributed by atoms with Gasteiger partial charge in [-0.3, -0.25) is 4.90 Å². The van der Waals surface area contributed by atoms with Crippen LogP contribution in [0.1, 0.15) is 20.3 Å². The van der Waals surface area contributed by atoms with Gasteiger partial charge in [0, 0.05) is 16.5 Å². The molecule has 0 aromatic carbocycles. The van der Waals surface area contributed by atoms with E-state index in [1.807, 2.05) is 0 Å². The Morgan fingerprint density at radius 2 is 2.18 bits per heavy atom. The van der Waals surface area contributed by atoms with Crippen molar-refractivity contribution < 1.29 is 4.39 Å². The number of halogens is 2. The first-order valence-electron chi connectivity index (χ1n) is 4.13. The molecule has 1 heterocycles. The van der Waals surface area contributed by atoms with E-state index in [1.165, 1.54) is 0 Å². The Kier molecular flexibility index (Phi) is 3.55. The monoisotopic (exact) mass is 271 g/mol. The minimum Gasteiger partial charge on any atom is -0.298 e. The summed E-state index contributed by atoms with van der Waals surface area (Å²) in [5.41, 5.74) is 0. The molecular formula is C8H15FIN. The molecule has 1 saturated heterocycles. The molecule has 1 fully saturated rings. The third-order valence-electron chi connectivity index (χ3n) is 2.22. The summed E-state index contributed by atoms with van der Waals surface area (Å²) < 4.78 is 13.4. The fourth-order valence-electron chi connectivity index (χ4n) is 1.37. The highest BCUT2D eigenvalue weighted by atomic mass is 127. The van der Waals surface area contributed by atoms with Crippen molar-refractivity contribution in [2.24, 2.45) is 0 Å². The zero-order valence-electron chi connectivity index (χ0n) is 7.06. The second kappa shape index (κ2) is 4.03. The minimum atomic E-state index is -0.619. The van der Waals surface area contributed by atoms with E-state index in [-0.39, 0.29) is 3.92 Å². The molecule has 0 unspecified atom stereocenters. The average molecular weight is 271 g/mol. The Hall–Kier alpha value is 0.620. The Morgan fingerprint density at radius 3 is 2.64 bits per heavy atom. The molecule has 1 rings (SSSR count). The molecule has 0 saturated carbocycles. The zero-order valence-corrected chi connectivity index (χ0v) is 9.21. The van der Waals surface area contributed by atoms with Crippen molar-refractivity contribution in [1.82, 2.24) is 4.90 Å². The predicted molar refractivity (Wildman–Crippen MR) is 54.0 cm³/mol. The number of likely N-dealkylation sites (tertiary alicyclic amines) is 1. The van der Waals surface area contributed by atoms with Crippen LogP contribution in [-0.2, 0) is 0 Å². The molecule has 0 aliphatic carbocycles. The highest BCUT2D eigenvalue weighted by molar-refractivity contribution is 14.1. The summed E-state index contributed by atoms with van der Waals surface area (Å²) in [5.74, 6) is 0. The first kappa shape index (κ1) is 9.71. The van der Waals surface area contributed by atoms with E-state index in [0.29, 0.717) is 12.6 Å². The van der Waals surface area contributed by atoms with E-state index in [1.54, 1.807) is 0 Å². The van der Waals surface area contributed by atoms with Crippen LogP contribution in [0, 0.1) is 0 Å². The molecule has 2 atom stereocenters. The van der Waals surface area contributed by atoms with Gasteiger partial charge in [-0.25, -0.2) is 4.39 Å². The third-order valence-corrected chi connectivity index (χ3v) is 3.63. The number of piperidine rings is 1. The average Bonchev–Trinajstić information content (AvgIpc) is 1.94. The van der Waals surface area contributed by atoms with Gasteiger partial charge in [-0.05, 0) is 26.8 Å². The lowest BCUT2D eigenvalue weighted by atomic mass is 10.1. The van der Waals surface area contributed by atoms with Gasteiger partial charge in [0.15, 0.2) is 0 Å². The highest BCUT2D eigenvalue weighted by Gasteiger charge is 2.27. The standard InChI is InChI=1S/C8H15FIN/c1-6(2)11-4-3-8(10)7(9)5-11/h6-8H,3-5H2,1-2H3/t7-,8-/m0/s1. The third kappa shape index (κ3) is 2.54. The summed E-state index contributed by atoms with van der Waals surface area (Å²) in [6, 6.07) is 0.497. The molecule has 0 aromatic rings. The first-order chi connectivity index (χ1) is 5.11. The summed E-state index contributed by atoms with van der Waals surface area (Å²) in [7, 11) is 0. The minimum absolute atomic E-state index is 0.239. The van der Waals surface area contributed by atoms with Gasteiger partial charge in [0.05, 0.1) is 0 Å². The number of nitrogens with zero attached hydrogens (tertiary/aromatic N) is 1. The van der Waals surface area contributed by atoms with Gasteiger partial charge in [-0.1, -0.05) is 22.6 Å². The van der Waals surface area contributed by atoms with E-state index < -0.39 is 6.17 Å². The Bertz CT molecular complexity index is 129. The molecule has 0 aromatic heterocycles. The van der Waals surface area contributed by atoms with E-state index in [0.717, 1.165) is 13.0 Å². The fraction of sp³-hybridized carbons (Fsp3) is 1.00. The smallest absolute Gasteiger partial charge is 0.124 e. The van der Waals surface area contributed by atoms with Crippen molar-refractivity contribution in [1.29, 1.82) is 0 Å². The second-order valence-electron chi connectivity index (χ2n) is 3.41. The summed E-state index contributed by atoms with van der Waals surface area (Å²) in [6.07, 6.45) is 0.381. The number of rotatable bonds is 1. The predicted octanol–water partition coefficient (Wildman–Crippen LogP) is 2.24. The molecule has 11 heavy (non-hydrogen) atoms. The topological polar surface area (TPSA) is 3.24 Å². The van der Waals surface area contributed by atoms with E-state index in [2.05, 4.69) is 41.3 Å². The van der Waals surface area contributed by atoms with Crippen LogP contribution in [0.5, 0.6) is 0 Å². The van der Waals surface area contributed by atoms with Gasteiger partial charge in [-0.2, -0.15) is 0 Å². The van der Waals surface area contributed by atoms with Crippen molar-refractivity contribution in [3.05, 3.63) is 0 Å². The lowest BCUT2D eigenvalue weighted by Crippen LogP contribution is -2.45. The SMILES string of the molecule is CC(C)N1CC[C@H](I)[C@@H](F)C1. The Labute approximate surface area is 81.5 Å². The Balaban J connectivity index is 2.40. The maximum Gasteiger partial charge on any atom is 0.124 e. The Morgan fingerprint density at radius 1 is 1.55 bits per heavy atom. The van der Waals surface area contributed by atoms with Crippen molar-refractivity contribution in [3.63, 3.8) is 0 Å². The van der Waals surface area contributed by atoms with E-state index in [9.17, 15) is 4.39 Å².